The Balaban J connectivity index is 1.72. The number of piperidine rings is 1. The van der Waals surface area contributed by atoms with Gasteiger partial charge in [-0.3, -0.25) is 4.79 Å². The zero-order chi connectivity index (χ0) is 14.6. The Morgan fingerprint density at radius 2 is 2.00 bits per heavy atom. The third-order valence-corrected chi connectivity index (χ3v) is 4.88. The van der Waals surface area contributed by atoms with E-state index in [4.69, 9.17) is 5.73 Å². The van der Waals surface area contributed by atoms with Gasteiger partial charge in [0.1, 0.15) is 0 Å². The molecule has 21 heavy (non-hydrogen) atoms. The highest BCUT2D eigenvalue weighted by Crippen LogP contribution is 2.37. The average Bonchev–Trinajstić information content (AvgIpc) is 2.97. The summed E-state index contributed by atoms with van der Waals surface area (Å²) in [5.74, 6) is 0.0613. The van der Waals surface area contributed by atoms with Gasteiger partial charge in [-0.15, -0.1) is 0 Å². The number of aliphatic hydroxyl groups excluding tert-OH is 1. The van der Waals surface area contributed by atoms with Gasteiger partial charge in [-0.2, -0.15) is 0 Å². The monoisotopic (exact) mass is 285 g/mol. The number of nitrogens with two attached hydrogens (primary N) is 1. The first-order valence-corrected chi connectivity index (χ1v) is 7.51. The molecule has 2 fully saturated rings. The third kappa shape index (κ3) is 1.92. The van der Waals surface area contributed by atoms with Gasteiger partial charge in [0.2, 0.25) is 0 Å². The predicted octanol–water partition coefficient (Wildman–Crippen LogP) is 1.88. The van der Waals surface area contributed by atoms with Crippen LogP contribution < -0.4 is 5.73 Å². The number of carbonyl (C=O) groups excluding carboxylic acids is 1. The number of H-pyrrole nitrogens is 1. The van der Waals surface area contributed by atoms with Crippen LogP contribution in [0.2, 0.25) is 0 Å². The molecule has 0 saturated carbocycles. The van der Waals surface area contributed by atoms with E-state index in [1.54, 1.807) is 6.20 Å². The molecule has 2 atom stereocenters. The Labute approximate surface area is 122 Å². The minimum absolute atomic E-state index is 0.0613. The number of fused-ring (bicyclic) bond motifs is 3. The summed E-state index contributed by atoms with van der Waals surface area (Å²) >= 11 is 0. The van der Waals surface area contributed by atoms with Crippen molar-refractivity contribution in [1.82, 2.24) is 9.88 Å². The summed E-state index contributed by atoms with van der Waals surface area (Å²) in [6.07, 6.45) is 4.91. The van der Waals surface area contributed by atoms with E-state index >= 15 is 0 Å². The number of nitrogens with zero attached hydrogens (tertiary/aromatic N) is 1. The highest BCUT2D eigenvalue weighted by molar-refractivity contribution is 6.07. The van der Waals surface area contributed by atoms with E-state index in [-0.39, 0.29) is 24.1 Å². The van der Waals surface area contributed by atoms with Crippen molar-refractivity contribution in [3.63, 3.8) is 0 Å². The van der Waals surface area contributed by atoms with Gasteiger partial charge in [0, 0.05) is 34.9 Å². The number of carbonyl (C=O) groups is 1. The molecule has 110 valence electrons. The van der Waals surface area contributed by atoms with E-state index in [0.717, 1.165) is 23.7 Å². The maximum atomic E-state index is 12.9. The summed E-state index contributed by atoms with van der Waals surface area (Å²) in [6, 6.07) is 5.93. The maximum absolute atomic E-state index is 12.9. The Hall–Kier alpha value is -2.01. The zero-order valence-electron chi connectivity index (χ0n) is 11.7. The standard InChI is InChI=1S/C16H19N3O2/c17-9-1-4-15-13(5-9)14(8-18-15)16(21)19-10-2-3-11(19)7-12(20)6-10/h1,4-5,8,10-12,18,20H,2-3,6-7,17H2. The number of aromatic nitrogens is 1. The highest BCUT2D eigenvalue weighted by atomic mass is 16.3. The van der Waals surface area contributed by atoms with Crippen molar-refractivity contribution in [2.75, 3.05) is 5.73 Å². The van der Waals surface area contributed by atoms with Gasteiger partial charge >= 0.3 is 0 Å². The highest BCUT2D eigenvalue weighted by Gasteiger charge is 2.43. The Morgan fingerprint density at radius 1 is 1.29 bits per heavy atom. The molecular formula is C16H19N3O2. The van der Waals surface area contributed by atoms with Gasteiger partial charge in [-0.25, -0.2) is 0 Å². The molecule has 2 aliphatic heterocycles. The summed E-state index contributed by atoms with van der Waals surface area (Å²) in [4.78, 5) is 18.1. The molecule has 1 aromatic heterocycles. The van der Waals surface area contributed by atoms with Gasteiger partial charge < -0.3 is 20.7 Å². The number of hydrogen-bond donors (Lipinski definition) is 3. The molecule has 2 saturated heterocycles. The molecule has 4 rings (SSSR count). The van der Waals surface area contributed by atoms with E-state index < -0.39 is 0 Å². The fraction of sp³-hybridized carbons (Fsp3) is 0.438. The zero-order valence-corrected chi connectivity index (χ0v) is 11.7. The lowest BCUT2D eigenvalue weighted by Crippen LogP contribution is -2.47. The topological polar surface area (TPSA) is 82.4 Å². The Bertz CT molecular complexity index is 695. The molecule has 0 aliphatic carbocycles. The van der Waals surface area contributed by atoms with Crippen LogP contribution in [0.3, 0.4) is 0 Å². The minimum atomic E-state index is -0.259. The van der Waals surface area contributed by atoms with Gasteiger partial charge in [0.05, 0.1) is 11.7 Å². The van der Waals surface area contributed by atoms with Crippen LogP contribution in [0.5, 0.6) is 0 Å². The molecule has 2 bridgehead atoms. The van der Waals surface area contributed by atoms with Gasteiger partial charge in [0.15, 0.2) is 0 Å². The molecule has 3 heterocycles. The van der Waals surface area contributed by atoms with Crippen LogP contribution in [0, 0.1) is 0 Å². The lowest BCUT2D eigenvalue weighted by Gasteiger charge is -2.37. The first-order chi connectivity index (χ1) is 10.1. The number of hydrogen-bond acceptors (Lipinski definition) is 3. The van der Waals surface area contributed by atoms with E-state index in [9.17, 15) is 9.90 Å². The number of rotatable bonds is 1. The summed E-state index contributed by atoms with van der Waals surface area (Å²) in [7, 11) is 0. The lowest BCUT2D eigenvalue weighted by atomic mass is 9.98. The first-order valence-electron chi connectivity index (χ1n) is 7.51. The molecule has 4 N–H and O–H groups in total. The van der Waals surface area contributed by atoms with E-state index in [1.165, 1.54) is 0 Å². The van der Waals surface area contributed by atoms with Crippen molar-refractivity contribution in [2.24, 2.45) is 0 Å². The molecule has 0 radical (unpaired) electrons. The lowest BCUT2D eigenvalue weighted by molar-refractivity contribution is 0.0288. The first kappa shape index (κ1) is 12.7. The second-order valence-electron chi connectivity index (χ2n) is 6.23. The van der Waals surface area contributed by atoms with Crippen LogP contribution in [0.25, 0.3) is 10.9 Å². The van der Waals surface area contributed by atoms with Gasteiger partial charge in [-0.05, 0) is 43.9 Å². The third-order valence-electron chi connectivity index (χ3n) is 4.88. The molecule has 5 heteroatoms. The smallest absolute Gasteiger partial charge is 0.256 e. The number of amides is 1. The van der Waals surface area contributed by atoms with Crippen LogP contribution in [-0.2, 0) is 0 Å². The van der Waals surface area contributed by atoms with Crippen molar-refractivity contribution in [3.05, 3.63) is 30.0 Å². The van der Waals surface area contributed by atoms with E-state index in [1.807, 2.05) is 23.1 Å². The van der Waals surface area contributed by atoms with Crippen LogP contribution in [0.15, 0.2) is 24.4 Å². The maximum Gasteiger partial charge on any atom is 0.256 e. The fourth-order valence-corrected chi connectivity index (χ4v) is 3.93. The Kier molecular flexibility index (Phi) is 2.72. The second kappa shape index (κ2) is 4.49. The second-order valence-corrected chi connectivity index (χ2v) is 6.23. The quantitative estimate of drug-likeness (QED) is 0.700. The number of nitrogens with one attached hydrogen (secondary N) is 1. The van der Waals surface area contributed by atoms with Gasteiger partial charge in [0.25, 0.3) is 5.91 Å². The normalized spacial score (nSPS) is 28.2. The summed E-state index contributed by atoms with van der Waals surface area (Å²) in [6.45, 7) is 0. The Morgan fingerprint density at radius 3 is 2.71 bits per heavy atom. The molecule has 0 spiro atoms. The van der Waals surface area contributed by atoms with Crippen molar-refractivity contribution in [1.29, 1.82) is 0 Å². The number of aromatic amines is 1. The van der Waals surface area contributed by atoms with E-state index in [0.29, 0.717) is 24.1 Å². The van der Waals surface area contributed by atoms with Crippen molar-refractivity contribution < 1.29 is 9.90 Å². The van der Waals surface area contributed by atoms with Crippen LogP contribution >= 0.6 is 0 Å². The molecule has 2 aromatic rings. The summed E-state index contributed by atoms with van der Waals surface area (Å²) < 4.78 is 0. The summed E-state index contributed by atoms with van der Waals surface area (Å²) in [5, 5.41) is 10.7. The van der Waals surface area contributed by atoms with Crippen LogP contribution in [-0.4, -0.2) is 39.1 Å². The fourth-order valence-electron chi connectivity index (χ4n) is 3.93. The van der Waals surface area contributed by atoms with Crippen molar-refractivity contribution in [2.45, 2.75) is 43.9 Å². The van der Waals surface area contributed by atoms with Crippen molar-refractivity contribution in [3.8, 4) is 0 Å². The van der Waals surface area contributed by atoms with Crippen LogP contribution in [0.1, 0.15) is 36.0 Å². The predicted molar refractivity (Wildman–Crippen MR) is 80.9 cm³/mol. The minimum Gasteiger partial charge on any atom is -0.399 e. The molecule has 1 aromatic carbocycles. The summed E-state index contributed by atoms with van der Waals surface area (Å²) in [5.41, 5.74) is 8.12. The SMILES string of the molecule is Nc1ccc2[nH]cc(C(=O)N3C4CCC3CC(O)C4)c2c1. The largest absolute Gasteiger partial charge is 0.399 e. The van der Waals surface area contributed by atoms with Crippen molar-refractivity contribution >= 4 is 22.5 Å². The number of benzene rings is 1. The molecule has 1 amide bonds. The van der Waals surface area contributed by atoms with Crippen LogP contribution in [0.4, 0.5) is 5.69 Å². The molecular weight excluding hydrogens is 266 g/mol. The number of anilines is 1. The van der Waals surface area contributed by atoms with Gasteiger partial charge in [-0.1, -0.05) is 0 Å². The molecule has 2 unspecified atom stereocenters. The number of aliphatic hydroxyl groups is 1. The van der Waals surface area contributed by atoms with E-state index in [2.05, 4.69) is 4.98 Å². The molecule has 2 aliphatic rings. The number of nitrogen functional groups attached to an aromatic ring is 1. The average molecular weight is 285 g/mol. The molecule has 5 nitrogen and oxygen atoms in total.